The minimum Gasteiger partial charge on any atom is -0.491 e. The molecular weight excluding hydrogens is 314 g/mol. The second-order valence-corrected chi connectivity index (χ2v) is 6.72. The number of aryl methyl sites for hydroxylation is 2. The second-order valence-electron chi connectivity index (χ2n) is 6.72. The highest BCUT2D eigenvalue weighted by Gasteiger charge is 2.18. The van der Waals surface area contributed by atoms with Gasteiger partial charge in [0.2, 0.25) is 0 Å². The summed E-state index contributed by atoms with van der Waals surface area (Å²) in [5.41, 5.74) is 10.7. The molecule has 0 saturated heterocycles. The molecule has 6 nitrogen and oxygen atoms in total. The molecule has 2 aromatic rings. The SMILES string of the molecule is CC(C)Oc1ccc(NC(N)=NCc2c3c(nn2C)CCCC3)cc1. The molecule has 1 aliphatic carbocycles. The summed E-state index contributed by atoms with van der Waals surface area (Å²) in [7, 11) is 1.99. The summed E-state index contributed by atoms with van der Waals surface area (Å²) in [6, 6.07) is 7.72. The molecule has 0 bridgehead atoms. The number of guanidine groups is 1. The molecule has 0 atom stereocenters. The third-order valence-corrected chi connectivity index (χ3v) is 4.35. The molecule has 3 rings (SSSR count). The molecule has 1 heterocycles. The number of aliphatic imine (C=N–C) groups is 1. The van der Waals surface area contributed by atoms with Crippen molar-refractivity contribution >= 4 is 11.6 Å². The van der Waals surface area contributed by atoms with Gasteiger partial charge in [0.05, 0.1) is 24.0 Å². The van der Waals surface area contributed by atoms with Gasteiger partial charge < -0.3 is 15.8 Å². The molecule has 134 valence electrons. The standard InChI is InChI=1S/C19H27N5O/c1-13(2)25-15-10-8-14(9-11-15)22-19(20)21-12-18-16-6-4-5-7-17(16)23-24(18)3/h8-11,13H,4-7,12H2,1-3H3,(H3,20,21,22). The van der Waals surface area contributed by atoms with Crippen LogP contribution in [0.5, 0.6) is 5.75 Å². The number of hydrogen-bond donors (Lipinski definition) is 2. The summed E-state index contributed by atoms with van der Waals surface area (Å²) in [5, 5.41) is 7.75. The first-order valence-corrected chi connectivity index (χ1v) is 8.90. The van der Waals surface area contributed by atoms with Crippen LogP contribution in [0.1, 0.15) is 43.6 Å². The number of aromatic nitrogens is 2. The quantitative estimate of drug-likeness (QED) is 0.647. The van der Waals surface area contributed by atoms with E-state index >= 15 is 0 Å². The van der Waals surface area contributed by atoms with E-state index in [1.165, 1.54) is 29.8 Å². The number of anilines is 1. The Morgan fingerprint density at radius 1 is 1.28 bits per heavy atom. The number of hydrogen-bond acceptors (Lipinski definition) is 3. The van der Waals surface area contributed by atoms with Crippen molar-refractivity contribution in [1.29, 1.82) is 0 Å². The average Bonchev–Trinajstić information content (AvgIpc) is 2.89. The van der Waals surface area contributed by atoms with Crippen molar-refractivity contribution in [3.8, 4) is 5.75 Å². The van der Waals surface area contributed by atoms with Crippen LogP contribution in [-0.2, 0) is 26.4 Å². The molecule has 0 unspecified atom stereocenters. The molecule has 0 saturated carbocycles. The van der Waals surface area contributed by atoms with Crippen LogP contribution in [0.4, 0.5) is 5.69 Å². The van der Waals surface area contributed by atoms with E-state index in [9.17, 15) is 0 Å². The van der Waals surface area contributed by atoms with Crippen LogP contribution in [-0.4, -0.2) is 21.8 Å². The molecule has 1 aliphatic rings. The number of ether oxygens (including phenoxy) is 1. The summed E-state index contributed by atoms with van der Waals surface area (Å²) < 4.78 is 7.59. The van der Waals surface area contributed by atoms with Gasteiger partial charge in [-0.15, -0.1) is 0 Å². The van der Waals surface area contributed by atoms with Gasteiger partial charge in [0, 0.05) is 12.7 Å². The maximum atomic E-state index is 6.05. The molecule has 0 radical (unpaired) electrons. The van der Waals surface area contributed by atoms with Gasteiger partial charge in [0.15, 0.2) is 5.96 Å². The summed E-state index contributed by atoms with van der Waals surface area (Å²) in [5.74, 6) is 1.25. The summed E-state index contributed by atoms with van der Waals surface area (Å²) >= 11 is 0. The Labute approximate surface area is 149 Å². The first kappa shape index (κ1) is 17.3. The van der Waals surface area contributed by atoms with E-state index in [1.54, 1.807) is 0 Å². The minimum absolute atomic E-state index is 0.162. The Bertz CT molecular complexity index is 746. The molecule has 0 spiro atoms. The normalized spacial score (nSPS) is 14.5. The predicted octanol–water partition coefficient (Wildman–Crippen LogP) is 3.01. The topological polar surface area (TPSA) is 77.5 Å². The monoisotopic (exact) mass is 341 g/mol. The zero-order chi connectivity index (χ0) is 17.8. The number of nitrogens with zero attached hydrogens (tertiary/aromatic N) is 3. The Kier molecular flexibility index (Phi) is 5.26. The lowest BCUT2D eigenvalue weighted by atomic mass is 9.96. The third kappa shape index (κ3) is 4.32. The van der Waals surface area contributed by atoms with Crippen molar-refractivity contribution in [1.82, 2.24) is 9.78 Å². The van der Waals surface area contributed by atoms with E-state index in [2.05, 4.69) is 15.4 Å². The highest BCUT2D eigenvalue weighted by Crippen LogP contribution is 2.24. The Morgan fingerprint density at radius 3 is 2.72 bits per heavy atom. The lowest BCUT2D eigenvalue weighted by Crippen LogP contribution is -2.22. The highest BCUT2D eigenvalue weighted by atomic mass is 16.5. The van der Waals surface area contributed by atoms with Crippen LogP contribution in [0.2, 0.25) is 0 Å². The second kappa shape index (κ2) is 7.59. The third-order valence-electron chi connectivity index (χ3n) is 4.35. The molecule has 25 heavy (non-hydrogen) atoms. The van der Waals surface area contributed by atoms with Crippen molar-refractivity contribution in [2.24, 2.45) is 17.8 Å². The van der Waals surface area contributed by atoms with Crippen molar-refractivity contribution in [2.75, 3.05) is 5.32 Å². The summed E-state index contributed by atoms with van der Waals surface area (Å²) in [4.78, 5) is 4.49. The first-order chi connectivity index (χ1) is 12.0. The average molecular weight is 341 g/mol. The molecule has 6 heteroatoms. The Hall–Kier alpha value is -2.50. The van der Waals surface area contributed by atoms with Crippen LogP contribution in [0.3, 0.4) is 0 Å². The van der Waals surface area contributed by atoms with Crippen LogP contribution < -0.4 is 15.8 Å². The number of nitrogens with two attached hydrogens (primary N) is 1. The van der Waals surface area contributed by atoms with Crippen LogP contribution in [0, 0.1) is 0 Å². The molecule has 1 aromatic heterocycles. The largest absolute Gasteiger partial charge is 0.491 e. The molecular formula is C19H27N5O. The van der Waals surface area contributed by atoms with E-state index in [-0.39, 0.29) is 6.10 Å². The van der Waals surface area contributed by atoms with Crippen molar-refractivity contribution in [3.63, 3.8) is 0 Å². The lowest BCUT2D eigenvalue weighted by Gasteiger charge is -2.12. The summed E-state index contributed by atoms with van der Waals surface area (Å²) in [6.07, 6.45) is 4.79. The maximum Gasteiger partial charge on any atom is 0.193 e. The van der Waals surface area contributed by atoms with Gasteiger partial charge in [0.1, 0.15) is 5.75 Å². The van der Waals surface area contributed by atoms with Crippen LogP contribution in [0.25, 0.3) is 0 Å². The number of rotatable bonds is 5. The molecule has 0 fully saturated rings. The van der Waals surface area contributed by atoms with Crippen LogP contribution >= 0.6 is 0 Å². The fraction of sp³-hybridized carbons (Fsp3) is 0.474. The van der Waals surface area contributed by atoms with E-state index < -0.39 is 0 Å². The highest BCUT2D eigenvalue weighted by molar-refractivity contribution is 5.92. The van der Waals surface area contributed by atoms with Crippen molar-refractivity contribution < 1.29 is 4.74 Å². The fourth-order valence-electron chi connectivity index (χ4n) is 3.18. The van der Waals surface area contributed by atoms with Crippen LogP contribution in [0.15, 0.2) is 29.3 Å². The van der Waals surface area contributed by atoms with E-state index in [4.69, 9.17) is 10.5 Å². The van der Waals surface area contributed by atoms with Crippen molar-refractivity contribution in [3.05, 3.63) is 41.2 Å². The van der Waals surface area contributed by atoms with Gasteiger partial charge in [-0.25, -0.2) is 4.99 Å². The Morgan fingerprint density at radius 2 is 2.00 bits per heavy atom. The predicted molar refractivity (Wildman–Crippen MR) is 101 cm³/mol. The fourth-order valence-corrected chi connectivity index (χ4v) is 3.18. The molecule has 0 aliphatic heterocycles. The van der Waals surface area contributed by atoms with E-state index in [0.717, 1.165) is 24.3 Å². The number of fused-ring (bicyclic) bond motifs is 1. The zero-order valence-corrected chi connectivity index (χ0v) is 15.2. The van der Waals surface area contributed by atoms with Crippen molar-refractivity contribution in [2.45, 2.75) is 52.2 Å². The smallest absolute Gasteiger partial charge is 0.193 e. The number of nitrogens with one attached hydrogen (secondary N) is 1. The maximum absolute atomic E-state index is 6.05. The molecule has 3 N–H and O–H groups in total. The first-order valence-electron chi connectivity index (χ1n) is 8.90. The summed E-state index contributed by atoms with van der Waals surface area (Å²) in [6.45, 7) is 4.56. The van der Waals surface area contributed by atoms with Gasteiger partial charge in [-0.3, -0.25) is 4.68 Å². The zero-order valence-electron chi connectivity index (χ0n) is 15.2. The van der Waals surface area contributed by atoms with Gasteiger partial charge >= 0.3 is 0 Å². The van der Waals surface area contributed by atoms with Gasteiger partial charge in [0.25, 0.3) is 0 Å². The minimum atomic E-state index is 0.162. The van der Waals surface area contributed by atoms with E-state index in [1.807, 2.05) is 49.8 Å². The lowest BCUT2D eigenvalue weighted by molar-refractivity contribution is 0.242. The number of benzene rings is 1. The van der Waals surface area contributed by atoms with E-state index in [0.29, 0.717) is 12.5 Å². The molecule has 1 aromatic carbocycles. The van der Waals surface area contributed by atoms with Gasteiger partial charge in [-0.1, -0.05) is 0 Å². The molecule has 0 amide bonds. The Balaban J connectivity index is 1.63. The van der Waals surface area contributed by atoms with Gasteiger partial charge in [-0.2, -0.15) is 5.10 Å². The van der Waals surface area contributed by atoms with Gasteiger partial charge in [-0.05, 0) is 69.4 Å².